The maximum Gasteiger partial charge on any atom is 0.318 e. The zero-order valence-electron chi connectivity index (χ0n) is 10.6. The van der Waals surface area contributed by atoms with E-state index in [1.807, 2.05) is 0 Å². The molecule has 0 aromatic carbocycles. The molecule has 1 amide bonds. The van der Waals surface area contributed by atoms with E-state index in [-0.39, 0.29) is 11.3 Å². The summed E-state index contributed by atoms with van der Waals surface area (Å²) in [5.41, 5.74) is 0.171. The Morgan fingerprint density at radius 1 is 1.44 bits per heavy atom. The highest BCUT2D eigenvalue weighted by atomic mass is 16.5. The number of nitrogens with zero attached hydrogens (tertiary/aromatic N) is 1. The first-order valence-electron chi connectivity index (χ1n) is 5.83. The van der Waals surface area contributed by atoms with Crippen molar-refractivity contribution >= 4 is 11.9 Å². The van der Waals surface area contributed by atoms with Crippen LogP contribution in [0.25, 0.3) is 0 Å². The molecule has 0 aromatic rings. The minimum Gasteiger partial charge on any atom is -0.465 e. The number of esters is 1. The number of likely N-dealkylation sites (tertiary alicyclic amines) is 1. The molecule has 0 saturated carbocycles. The van der Waals surface area contributed by atoms with E-state index >= 15 is 0 Å². The average molecular weight is 227 g/mol. The van der Waals surface area contributed by atoms with Crippen molar-refractivity contribution in [3.05, 3.63) is 0 Å². The van der Waals surface area contributed by atoms with Crippen molar-refractivity contribution in [2.45, 2.75) is 34.1 Å². The largest absolute Gasteiger partial charge is 0.465 e. The lowest BCUT2D eigenvalue weighted by Crippen LogP contribution is -2.38. The number of rotatable bonds is 3. The summed E-state index contributed by atoms with van der Waals surface area (Å²) in [6.45, 7) is 9.43. The first-order chi connectivity index (χ1) is 7.37. The van der Waals surface area contributed by atoms with Crippen molar-refractivity contribution in [3.63, 3.8) is 0 Å². The summed E-state index contributed by atoms with van der Waals surface area (Å²) in [7, 11) is 0. The number of ether oxygens (including phenoxy) is 1. The molecule has 1 saturated heterocycles. The molecular weight excluding hydrogens is 206 g/mol. The number of carbonyl (C=O) groups excluding carboxylic acids is 2. The van der Waals surface area contributed by atoms with E-state index in [0.717, 1.165) is 19.5 Å². The quantitative estimate of drug-likeness (QED) is 0.541. The smallest absolute Gasteiger partial charge is 0.318 e. The second-order valence-corrected chi connectivity index (χ2v) is 5.15. The fourth-order valence-corrected chi connectivity index (χ4v) is 1.94. The summed E-state index contributed by atoms with van der Waals surface area (Å²) in [5, 5.41) is 0. The molecule has 4 nitrogen and oxygen atoms in total. The van der Waals surface area contributed by atoms with Gasteiger partial charge in [-0.05, 0) is 25.7 Å². The van der Waals surface area contributed by atoms with Crippen molar-refractivity contribution in [2.75, 3.05) is 19.7 Å². The van der Waals surface area contributed by atoms with Gasteiger partial charge in [0.25, 0.3) is 0 Å². The molecule has 0 spiro atoms. The van der Waals surface area contributed by atoms with Gasteiger partial charge in [-0.1, -0.05) is 13.8 Å². The highest BCUT2D eigenvalue weighted by Gasteiger charge is 2.36. The van der Waals surface area contributed by atoms with Crippen molar-refractivity contribution in [1.82, 2.24) is 4.90 Å². The van der Waals surface area contributed by atoms with Gasteiger partial charge in [0, 0.05) is 13.1 Å². The van der Waals surface area contributed by atoms with Crippen LogP contribution >= 0.6 is 0 Å². The average Bonchev–Trinajstić information content (AvgIpc) is 2.57. The molecule has 1 unspecified atom stereocenters. The maximum atomic E-state index is 12.0. The molecule has 0 bridgehead atoms. The van der Waals surface area contributed by atoms with Crippen LogP contribution in [0.15, 0.2) is 0 Å². The third-order valence-corrected chi connectivity index (χ3v) is 3.00. The molecule has 16 heavy (non-hydrogen) atoms. The van der Waals surface area contributed by atoms with E-state index in [9.17, 15) is 9.59 Å². The summed E-state index contributed by atoms with van der Waals surface area (Å²) < 4.78 is 4.85. The van der Waals surface area contributed by atoms with Gasteiger partial charge in [0.15, 0.2) is 0 Å². The summed E-state index contributed by atoms with van der Waals surface area (Å²) in [4.78, 5) is 25.2. The van der Waals surface area contributed by atoms with Crippen molar-refractivity contribution in [2.24, 2.45) is 11.3 Å². The van der Waals surface area contributed by atoms with Crippen LogP contribution in [0, 0.1) is 11.3 Å². The number of hydrogen-bond donors (Lipinski definition) is 0. The van der Waals surface area contributed by atoms with Gasteiger partial charge in [-0.3, -0.25) is 9.59 Å². The van der Waals surface area contributed by atoms with Gasteiger partial charge in [-0.15, -0.1) is 0 Å². The van der Waals surface area contributed by atoms with Crippen LogP contribution in [0.4, 0.5) is 0 Å². The second kappa shape index (κ2) is 4.85. The van der Waals surface area contributed by atoms with Crippen molar-refractivity contribution in [3.8, 4) is 0 Å². The lowest BCUT2D eigenvalue weighted by atomic mass is 9.93. The van der Waals surface area contributed by atoms with Gasteiger partial charge in [0.05, 0.1) is 6.61 Å². The van der Waals surface area contributed by atoms with E-state index in [1.54, 1.807) is 18.7 Å². The molecule has 1 heterocycles. The van der Waals surface area contributed by atoms with E-state index < -0.39 is 11.9 Å². The third-order valence-electron chi connectivity index (χ3n) is 3.00. The van der Waals surface area contributed by atoms with Crippen molar-refractivity contribution in [1.29, 1.82) is 0 Å². The molecule has 4 heteroatoms. The summed E-state index contributed by atoms with van der Waals surface area (Å²) in [6.07, 6.45) is 0.994. The lowest BCUT2D eigenvalue weighted by Gasteiger charge is -2.22. The first-order valence-corrected chi connectivity index (χ1v) is 5.83. The lowest BCUT2D eigenvalue weighted by molar-refractivity contribution is -0.154. The van der Waals surface area contributed by atoms with Crippen LogP contribution in [-0.4, -0.2) is 36.5 Å². The zero-order valence-corrected chi connectivity index (χ0v) is 10.6. The second-order valence-electron chi connectivity index (χ2n) is 5.15. The van der Waals surface area contributed by atoms with Gasteiger partial charge in [-0.25, -0.2) is 0 Å². The fraction of sp³-hybridized carbons (Fsp3) is 0.833. The van der Waals surface area contributed by atoms with Crippen LogP contribution < -0.4 is 0 Å². The summed E-state index contributed by atoms with van der Waals surface area (Å²) in [6, 6.07) is 0. The first kappa shape index (κ1) is 13.0. The standard InChI is InChI=1S/C12H21NO3/c1-5-16-11(15)9(2)10(14)13-7-6-12(3,4)8-13/h9H,5-8H2,1-4H3. The van der Waals surface area contributed by atoms with Gasteiger partial charge in [-0.2, -0.15) is 0 Å². The zero-order chi connectivity index (χ0) is 12.3. The Kier molecular flexibility index (Phi) is 3.94. The van der Waals surface area contributed by atoms with Gasteiger partial charge in [0.1, 0.15) is 5.92 Å². The molecule has 92 valence electrons. The van der Waals surface area contributed by atoms with E-state index in [2.05, 4.69) is 13.8 Å². The molecule has 0 radical (unpaired) electrons. The highest BCUT2D eigenvalue weighted by Crippen LogP contribution is 2.29. The topological polar surface area (TPSA) is 46.6 Å². The Labute approximate surface area is 96.9 Å². The fourth-order valence-electron chi connectivity index (χ4n) is 1.94. The maximum absolute atomic E-state index is 12.0. The third kappa shape index (κ3) is 2.97. The Morgan fingerprint density at radius 2 is 2.06 bits per heavy atom. The van der Waals surface area contributed by atoms with Crippen LogP contribution in [0.2, 0.25) is 0 Å². The molecule has 0 aliphatic carbocycles. The van der Waals surface area contributed by atoms with Crippen molar-refractivity contribution < 1.29 is 14.3 Å². The molecule has 0 N–H and O–H groups in total. The molecular formula is C12H21NO3. The van der Waals surface area contributed by atoms with Crippen LogP contribution in [-0.2, 0) is 14.3 Å². The SMILES string of the molecule is CCOC(=O)C(C)C(=O)N1CCC(C)(C)C1. The number of carbonyl (C=O) groups is 2. The monoisotopic (exact) mass is 227 g/mol. The van der Waals surface area contributed by atoms with Gasteiger partial charge in [0.2, 0.25) is 5.91 Å². The van der Waals surface area contributed by atoms with Gasteiger partial charge < -0.3 is 9.64 Å². The van der Waals surface area contributed by atoms with Crippen LogP contribution in [0.5, 0.6) is 0 Å². The Bertz CT molecular complexity index is 286. The molecule has 1 atom stereocenters. The predicted molar refractivity (Wildman–Crippen MR) is 60.8 cm³/mol. The molecule has 1 fully saturated rings. The Morgan fingerprint density at radius 3 is 2.50 bits per heavy atom. The predicted octanol–water partition coefficient (Wildman–Crippen LogP) is 1.44. The number of hydrogen-bond acceptors (Lipinski definition) is 3. The Hall–Kier alpha value is -1.06. The van der Waals surface area contributed by atoms with E-state index in [1.165, 1.54) is 0 Å². The summed E-state index contributed by atoms with van der Waals surface area (Å²) in [5.74, 6) is -1.20. The normalized spacial score (nSPS) is 20.6. The molecule has 0 aromatic heterocycles. The van der Waals surface area contributed by atoms with Crippen LogP contribution in [0.3, 0.4) is 0 Å². The highest BCUT2D eigenvalue weighted by molar-refractivity contribution is 5.97. The summed E-state index contributed by atoms with van der Waals surface area (Å²) >= 11 is 0. The van der Waals surface area contributed by atoms with Crippen LogP contribution in [0.1, 0.15) is 34.1 Å². The minimum atomic E-state index is -0.672. The minimum absolute atomic E-state index is 0.107. The van der Waals surface area contributed by atoms with E-state index in [4.69, 9.17) is 4.74 Å². The van der Waals surface area contributed by atoms with Gasteiger partial charge >= 0.3 is 5.97 Å². The molecule has 1 aliphatic rings. The number of amides is 1. The molecule has 1 rings (SSSR count). The molecule has 1 aliphatic heterocycles. The Balaban J connectivity index is 2.55. The van der Waals surface area contributed by atoms with E-state index in [0.29, 0.717) is 6.61 Å².